The maximum absolute atomic E-state index is 13.6. The largest absolute Gasteiger partial charge is 0.334 e. The lowest BCUT2D eigenvalue weighted by Crippen LogP contribution is -2.51. The SMILES string of the molecule is Cc1c(C(=O)N2CCN[C@H](C)C2)nc(Nc2cc(C3CC3)[nH]n2)c2c3c(sc12)CCCC3. The molecule has 8 heteroatoms. The summed E-state index contributed by atoms with van der Waals surface area (Å²) < 4.78 is 1.21. The topological polar surface area (TPSA) is 85.9 Å². The first-order chi connectivity index (χ1) is 15.6. The number of carbonyl (C=O) groups is 1. The molecule has 0 radical (unpaired) electrons. The van der Waals surface area contributed by atoms with Crippen molar-refractivity contribution in [3.8, 4) is 0 Å². The van der Waals surface area contributed by atoms with Crippen molar-refractivity contribution in [2.24, 2.45) is 0 Å². The quantitative estimate of drug-likeness (QED) is 0.553. The van der Waals surface area contributed by atoms with Gasteiger partial charge in [0.05, 0.1) is 0 Å². The molecule has 2 aliphatic carbocycles. The Kier molecular flexibility index (Phi) is 4.95. The highest BCUT2D eigenvalue weighted by atomic mass is 32.1. The van der Waals surface area contributed by atoms with E-state index in [1.807, 2.05) is 16.2 Å². The van der Waals surface area contributed by atoms with E-state index in [2.05, 4.69) is 40.7 Å². The van der Waals surface area contributed by atoms with Gasteiger partial charge in [0.1, 0.15) is 11.5 Å². The number of fused-ring (bicyclic) bond motifs is 3. The number of rotatable bonds is 4. The van der Waals surface area contributed by atoms with Crippen LogP contribution in [-0.2, 0) is 12.8 Å². The molecule has 0 bridgehead atoms. The van der Waals surface area contributed by atoms with Crippen LogP contribution in [0.3, 0.4) is 0 Å². The third-order valence-electron chi connectivity index (χ3n) is 7.05. The number of H-pyrrole nitrogens is 1. The Balaban J connectivity index is 1.45. The van der Waals surface area contributed by atoms with Crippen LogP contribution in [0.4, 0.5) is 11.6 Å². The molecule has 7 nitrogen and oxygen atoms in total. The summed E-state index contributed by atoms with van der Waals surface area (Å²) in [7, 11) is 0. The van der Waals surface area contributed by atoms with E-state index in [-0.39, 0.29) is 5.91 Å². The molecule has 3 N–H and O–H groups in total. The number of aromatic nitrogens is 3. The van der Waals surface area contributed by atoms with E-state index < -0.39 is 0 Å². The van der Waals surface area contributed by atoms with Crippen molar-refractivity contribution in [3.63, 3.8) is 0 Å². The van der Waals surface area contributed by atoms with Crippen molar-refractivity contribution < 1.29 is 4.79 Å². The maximum Gasteiger partial charge on any atom is 0.272 e. The predicted octanol–water partition coefficient (Wildman–Crippen LogP) is 4.26. The van der Waals surface area contributed by atoms with E-state index in [1.165, 1.54) is 51.9 Å². The second-order valence-electron chi connectivity index (χ2n) is 9.56. The lowest BCUT2D eigenvalue weighted by Gasteiger charge is -2.32. The summed E-state index contributed by atoms with van der Waals surface area (Å²) in [5.74, 6) is 2.22. The number of carbonyl (C=O) groups excluding carboxylic acids is 1. The van der Waals surface area contributed by atoms with Crippen LogP contribution in [0.1, 0.15) is 70.7 Å². The third-order valence-corrected chi connectivity index (χ3v) is 8.46. The number of aryl methyl sites for hydroxylation is 3. The van der Waals surface area contributed by atoms with Crippen molar-refractivity contribution in [3.05, 3.63) is 33.5 Å². The Hall–Kier alpha value is -2.45. The standard InChI is InChI=1S/C24H30N6OS/c1-13-12-30(10-9-25-13)24(31)21-14(2)22-20(16-5-3-4-6-18(16)32-22)23(27-21)26-19-11-17(28-29-19)15-7-8-15/h11,13,15,25H,3-10,12H2,1-2H3,(H2,26,27,28,29)/t13-/m1/s1. The molecule has 2 fully saturated rings. The summed E-state index contributed by atoms with van der Waals surface area (Å²) in [6.45, 7) is 6.45. The van der Waals surface area contributed by atoms with Gasteiger partial charge in [0.2, 0.25) is 0 Å². The Bertz CT molecular complexity index is 1190. The van der Waals surface area contributed by atoms with Gasteiger partial charge in [-0.25, -0.2) is 4.98 Å². The fraction of sp³-hybridized carbons (Fsp3) is 0.542. The number of nitrogens with one attached hydrogen (secondary N) is 3. The molecule has 6 rings (SSSR count). The third kappa shape index (κ3) is 3.49. The number of piperazine rings is 1. The van der Waals surface area contributed by atoms with E-state index in [0.717, 1.165) is 43.1 Å². The number of amides is 1. The van der Waals surface area contributed by atoms with Crippen LogP contribution in [0.5, 0.6) is 0 Å². The molecular weight excluding hydrogens is 420 g/mol. The van der Waals surface area contributed by atoms with Gasteiger partial charge >= 0.3 is 0 Å². The Morgan fingerprint density at radius 1 is 1.28 bits per heavy atom. The predicted molar refractivity (Wildman–Crippen MR) is 128 cm³/mol. The Labute approximate surface area is 192 Å². The number of pyridine rings is 1. The Morgan fingerprint density at radius 3 is 2.94 bits per heavy atom. The summed E-state index contributed by atoms with van der Waals surface area (Å²) in [4.78, 5) is 21.9. The molecule has 3 aliphatic rings. The van der Waals surface area contributed by atoms with Gasteiger partial charge < -0.3 is 15.5 Å². The minimum atomic E-state index is 0.0351. The average molecular weight is 451 g/mol. The first-order valence-corrected chi connectivity index (χ1v) is 12.7. The number of anilines is 2. The zero-order valence-electron chi connectivity index (χ0n) is 18.8. The molecule has 4 heterocycles. The fourth-order valence-corrected chi connectivity index (χ4v) is 6.52. The van der Waals surface area contributed by atoms with Crippen LogP contribution in [0.25, 0.3) is 10.1 Å². The van der Waals surface area contributed by atoms with Gasteiger partial charge in [0.15, 0.2) is 5.82 Å². The number of hydrogen-bond acceptors (Lipinski definition) is 6. The number of nitrogens with zero attached hydrogens (tertiary/aromatic N) is 3. The smallest absolute Gasteiger partial charge is 0.272 e. The summed E-state index contributed by atoms with van der Waals surface area (Å²) in [5.41, 5.74) is 4.20. The van der Waals surface area contributed by atoms with Crippen molar-refractivity contribution in [1.29, 1.82) is 0 Å². The van der Waals surface area contributed by atoms with Crippen LogP contribution >= 0.6 is 11.3 Å². The first-order valence-electron chi connectivity index (χ1n) is 11.9. The molecule has 1 atom stereocenters. The molecule has 32 heavy (non-hydrogen) atoms. The van der Waals surface area contributed by atoms with E-state index in [0.29, 0.717) is 24.2 Å². The molecule has 1 aliphatic heterocycles. The van der Waals surface area contributed by atoms with Crippen LogP contribution in [-0.4, -0.2) is 51.7 Å². The lowest BCUT2D eigenvalue weighted by atomic mass is 9.95. The monoisotopic (exact) mass is 450 g/mol. The van der Waals surface area contributed by atoms with Crippen molar-refractivity contribution in [2.75, 3.05) is 25.0 Å². The molecule has 0 unspecified atom stereocenters. The summed E-state index contributed by atoms with van der Waals surface area (Å²) in [5, 5.41) is 15.8. The molecule has 1 saturated carbocycles. The molecule has 0 aromatic carbocycles. The normalized spacial score (nSPS) is 21.1. The fourth-order valence-electron chi connectivity index (χ4n) is 5.13. The van der Waals surface area contributed by atoms with Gasteiger partial charge in [-0.3, -0.25) is 9.89 Å². The molecule has 3 aromatic heterocycles. The van der Waals surface area contributed by atoms with Gasteiger partial charge in [0, 0.05) is 58.3 Å². The van der Waals surface area contributed by atoms with Gasteiger partial charge in [0.25, 0.3) is 5.91 Å². The summed E-state index contributed by atoms with van der Waals surface area (Å²) in [6.07, 6.45) is 7.12. The molecule has 0 spiro atoms. The van der Waals surface area contributed by atoms with Gasteiger partial charge in [-0.05, 0) is 63.5 Å². The minimum Gasteiger partial charge on any atom is -0.334 e. The molecule has 3 aromatic rings. The Morgan fingerprint density at radius 2 is 2.12 bits per heavy atom. The summed E-state index contributed by atoms with van der Waals surface area (Å²) in [6, 6.07) is 2.40. The van der Waals surface area contributed by atoms with Gasteiger partial charge in [-0.15, -0.1) is 11.3 Å². The van der Waals surface area contributed by atoms with Crippen molar-refractivity contribution in [2.45, 2.75) is 64.3 Å². The lowest BCUT2D eigenvalue weighted by molar-refractivity contribution is 0.0702. The number of thiophene rings is 1. The summed E-state index contributed by atoms with van der Waals surface area (Å²) >= 11 is 1.86. The second kappa shape index (κ2) is 7.85. The average Bonchev–Trinajstić information content (AvgIpc) is 3.41. The van der Waals surface area contributed by atoms with E-state index >= 15 is 0 Å². The minimum absolute atomic E-state index is 0.0351. The van der Waals surface area contributed by atoms with Crippen LogP contribution in [0.15, 0.2) is 6.07 Å². The highest BCUT2D eigenvalue weighted by Gasteiger charge is 2.29. The zero-order chi connectivity index (χ0) is 21.8. The van der Waals surface area contributed by atoms with E-state index in [1.54, 1.807) is 0 Å². The van der Waals surface area contributed by atoms with E-state index in [9.17, 15) is 4.79 Å². The number of aromatic amines is 1. The first kappa shape index (κ1) is 20.2. The highest BCUT2D eigenvalue weighted by molar-refractivity contribution is 7.19. The van der Waals surface area contributed by atoms with E-state index in [4.69, 9.17) is 4.98 Å². The molecule has 1 amide bonds. The molecule has 168 valence electrons. The van der Waals surface area contributed by atoms with Crippen LogP contribution < -0.4 is 10.6 Å². The second-order valence-corrected chi connectivity index (χ2v) is 10.7. The van der Waals surface area contributed by atoms with Gasteiger partial charge in [-0.1, -0.05) is 0 Å². The molecule has 1 saturated heterocycles. The maximum atomic E-state index is 13.6. The van der Waals surface area contributed by atoms with Crippen molar-refractivity contribution in [1.82, 2.24) is 25.4 Å². The van der Waals surface area contributed by atoms with Crippen LogP contribution in [0.2, 0.25) is 0 Å². The zero-order valence-corrected chi connectivity index (χ0v) is 19.6. The van der Waals surface area contributed by atoms with Gasteiger partial charge in [-0.2, -0.15) is 5.10 Å². The number of hydrogen-bond donors (Lipinski definition) is 3. The highest BCUT2D eigenvalue weighted by Crippen LogP contribution is 2.43. The van der Waals surface area contributed by atoms with Crippen molar-refractivity contribution >= 4 is 39.0 Å². The molecular formula is C24H30N6OS. The van der Waals surface area contributed by atoms with Crippen LogP contribution in [0, 0.1) is 6.92 Å².